The first-order valence-corrected chi connectivity index (χ1v) is 5.86. The van der Waals surface area contributed by atoms with Gasteiger partial charge in [-0.25, -0.2) is 0 Å². The maximum Gasteiger partial charge on any atom is 0.119 e. The summed E-state index contributed by atoms with van der Waals surface area (Å²) in [5.74, 6) is 0.687. The minimum Gasteiger partial charge on any atom is -0.497 e. The summed E-state index contributed by atoms with van der Waals surface area (Å²) < 4.78 is 5.13. The second-order valence-electron chi connectivity index (χ2n) is 3.95. The van der Waals surface area contributed by atoms with Crippen LogP contribution in [0, 0.1) is 0 Å². The van der Waals surface area contributed by atoms with Crippen molar-refractivity contribution in [2.45, 2.75) is 6.10 Å². The van der Waals surface area contributed by atoms with E-state index in [2.05, 4.69) is 0 Å². The van der Waals surface area contributed by atoms with Crippen molar-refractivity contribution in [3.63, 3.8) is 0 Å². The van der Waals surface area contributed by atoms with Gasteiger partial charge in [0, 0.05) is 16.3 Å². The van der Waals surface area contributed by atoms with Gasteiger partial charge in [0.25, 0.3) is 0 Å². The van der Waals surface area contributed by atoms with Crippen molar-refractivity contribution in [3.05, 3.63) is 58.6 Å². The summed E-state index contributed by atoms with van der Waals surface area (Å²) in [5.41, 5.74) is 7.66. The van der Waals surface area contributed by atoms with E-state index in [9.17, 15) is 5.11 Å². The van der Waals surface area contributed by atoms with Crippen molar-refractivity contribution in [3.8, 4) is 5.75 Å². The van der Waals surface area contributed by atoms with Gasteiger partial charge in [-0.15, -0.1) is 0 Å². The summed E-state index contributed by atoms with van der Waals surface area (Å²) >= 11 is 5.92. The number of halogens is 1. The third-order valence-corrected chi connectivity index (χ3v) is 2.99. The minimum absolute atomic E-state index is 0.509. The Morgan fingerprint density at radius 2 is 2.00 bits per heavy atom. The second kappa shape index (κ2) is 5.29. The molecule has 2 aromatic carbocycles. The summed E-state index contributed by atoms with van der Waals surface area (Å²) in [6, 6.07) is 12.3. The Bertz CT molecular complexity index is 557. The van der Waals surface area contributed by atoms with Crippen LogP contribution in [0.1, 0.15) is 17.2 Å². The summed E-state index contributed by atoms with van der Waals surface area (Å²) in [5, 5.41) is 10.9. The van der Waals surface area contributed by atoms with Gasteiger partial charge in [0.1, 0.15) is 11.9 Å². The first-order chi connectivity index (χ1) is 8.61. The fourth-order valence-electron chi connectivity index (χ4n) is 1.77. The van der Waals surface area contributed by atoms with Crippen molar-refractivity contribution in [2.75, 3.05) is 12.8 Å². The molecule has 18 heavy (non-hydrogen) atoms. The summed E-state index contributed by atoms with van der Waals surface area (Å²) in [6.07, 6.45) is -0.821. The molecule has 0 bridgehead atoms. The van der Waals surface area contributed by atoms with Crippen LogP contribution < -0.4 is 10.5 Å². The number of ether oxygens (including phenoxy) is 1. The van der Waals surface area contributed by atoms with Crippen LogP contribution in [0.15, 0.2) is 42.5 Å². The van der Waals surface area contributed by atoms with Crippen LogP contribution in [0.5, 0.6) is 5.75 Å². The molecule has 4 heteroatoms. The predicted octanol–water partition coefficient (Wildman–Crippen LogP) is 3.01. The van der Waals surface area contributed by atoms with Crippen molar-refractivity contribution >= 4 is 17.3 Å². The largest absolute Gasteiger partial charge is 0.497 e. The molecular weight excluding hydrogens is 250 g/mol. The van der Waals surface area contributed by atoms with Crippen LogP contribution in [0.2, 0.25) is 5.02 Å². The zero-order valence-electron chi connectivity index (χ0n) is 9.93. The highest BCUT2D eigenvalue weighted by atomic mass is 35.5. The number of methoxy groups -OCH3 is 1. The first kappa shape index (κ1) is 12.7. The molecule has 0 amide bonds. The van der Waals surface area contributed by atoms with E-state index in [0.717, 1.165) is 0 Å². The van der Waals surface area contributed by atoms with Gasteiger partial charge >= 0.3 is 0 Å². The molecule has 0 aliphatic heterocycles. The molecule has 0 saturated heterocycles. The third kappa shape index (κ3) is 2.58. The number of nitrogens with two attached hydrogens (primary N) is 1. The Balaban J connectivity index is 2.40. The van der Waals surface area contributed by atoms with Gasteiger partial charge in [-0.1, -0.05) is 23.7 Å². The Kier molecular flexibility index (Phi) is 3.75. The molecule has 0 aromatic heterocycles. The van der Waals surface area contributed by atoms with Gasteiger partial charge in [-0.05, 0) is 35.9 Å². The highest BCUT2D eigenvalue weighted by Gasteiger charge is 2.14. The lowest BCUT2D eigenvalue weighted by molar-refractivity contribution is 0.220. The SMILES string of the molecule is COc1cccc(C(O)c2cc(Cl)ccc2N)c1. The highest BCUT2D eigenvalue weighted by molar-refractivity contribution is 6.30. The van der Waals surface area contributed by atoms with Crippen molar-refractivity contribution in [1.29, 1.82) is 0 Å². The van der Waals surface area contributed by atoms with E-state index in [-0.39, 0.29) is 0 Å². The normalized spacial score (nSPS) is 12.2. The van der Waals surface area contributed by atoms with Gasteiger partial charge < -0.3 is 15.6 Å². The summed E-state index contributed by atoms with van der Waals surface area (Å²) in [6.45, 7) is 0. The zero-order chi connectivity index (χ0) is 13.1. The van der Waals surface area contributed by atoms with Crippen molar-refractivity contribution in [1.82, 2.24) is 0 Å². The Hall–Kier alpha value is -1.71. The molecule has 0 fully saturated rings. The molecule has 0 aliphatic carbocycles. The highest BCUT2D eigenvalue weighted by Crippen LogP contribution is 2.30. The fourth-order valence-corrected chi connectivity index (χ4v) is 1.95. The van der Waals surface area contributed by atoms with Gasteiger partial charge in [0.05, 0.1) is 7.11 Å². The monoisotopic (exact) mass is 263 g/mol. The van der Waals surface area contributed by atoms with Crippen LogP contribution >= 0.6 is 11.6 Å². The summed E-state index contributed by atoms with van der Waals surface area (Å²) in [7, 11) is 1.58. The molecule has 2 aromatic rings. The number of hydrogen-bond donors (Lipinski definition) is 2. The van der Waals surface area contributed by atoms with E-state index >= 15 is 0 Å². The molecule has 0 heterocycles. The number of rotatable bonds is 3. The molecular formula is C14H14ClNO2. The molecule has 2 rings (SSSR count). The number of aliphatic hydroxyl groups excluding tert-OH is 1. The van der Waals surface area contributed by atoms with Crippen LogP contribution in [0.4, 0.5) is 5.69 Å². The minimum atomic E-state index is -0.821. The quantitative estimate of drug-likeness (QED) is 0.837. The van der Waals surface area contributed by atoms with Crippen LogP contribution in [0.25, 0.3) is 0 Å². The lowest BCUT2D eigenvalue weighted by Crippen LogP contribution is -2.04. The van der Waals surface area contributed by atoms with E-state index in [1.54, 1.807) is 31.4 Å². The maximum absolute atomic E-state index is 10.3. The Labute approximate surface area is 111 Å². The molecule has 94 valence electrons. The van der Waals surface area contributed by atoms with Crippen LogP contribution in [-0.4, -0.2) is 12.2 Å². The maximum atomic E-state index is 10.3. The number of benzene rings is 2. The van der Waals surface area contributed by atoms with E-state index in [1.165, 1.54) is 0 Å². The molecule has 3 N–H and O–H groups in total. The fraction of sp³-hybridized carbons (Fsp3) is 0.143. The van der Waals surface area contributed by atoms with Gasteiger partial charge in [-0.2, -0.15) is 0 Å². The average molecular weight is 264 g/mol. The molecule has 0 spiro atoms. The van der Waals surface area contributed by atoms with E-state index < -0.39 is 6.10 Å². The van der Waals surface area contributed by atoms with E-state index in [1.807, 2.05) is 18.2 Å². The van der Waals surface area contributed by atoms with Gasteiger partial charge in [0.2, 0.25) is 0 Å². The molecule has 1 unspecified atom stereocenters. The number of anilines is 1. The first-order valence-electron chi connectivity index (χ1n) is 5.48. The molecule has 0 radical (unpaired) electrons. The molecule has 3 nitrogen and oxygen atoms in total. The number of hydrogen-bond acceptors (Lipinski definition) is 3. The topological polar surface area (TPSA) is 55.5 Å². The Morgan fingerprint density at radius 1 is 1.22 bits per heavy atom. The molecule has 1 atom stereocenters. The zero-order valence-corrected chi connectivity index (χ0v) is 10.7. The lowest BCUT2D eigenvalue weighted by Gasteiger charge is -2.15. The summed E-state index contributed by atoms with van der Waals surface area (Å²) in [4.78, 5) is 0. The molecule has 0 aliphatic rings. The second-order valence-corrected chi connectivity index (χ2v) is 4.39. The van der Waals surface area contributed by atoms with E-state index in [0.29, 0.717) is 27.6 Å². The van der Waals surface area contributed by atoms with Crippen LogP contribution in [0.3, 0.4) is 0 Å². The standard InChI is InChI=1S/C14H14ClNO2/c1-18-11-4-2-3-9(7-11)14(17)12-8-10(15)5-6-13(12)16/h2-8,14,17H,16H2,1H3. The third-order valence-electron chi connectivity index (χ3n) is 2.75. The lowest BCUT2D eigenvalue weighted by atomic mass is 10.00. The Morgan fingerprint density at radius 3 is 2.72 bits per heavy atom. The van der Waals surface area contributed by atoms with Crippen molar-refractivity contribution in [2.24, 2.45) is 0 Å². The average Bonchev–Trinajstić information content (AvgIpc) is 2.41. The smallest absolute Gasteiger partial charge is 0.119 e. The predicted molar refractivity (Wildman–Crippen MR) is 72.9 cm³/mol. The van der Waals surface area contributed by atoms with Crippen LogP contribution in [-0.2, 0) is 0 Å². The van der Waals surface area contributed by atoms with Gasteiger partial charge in [0.15, 0.2) is 0 Å². The number of aliphatic hydroxyl groups is 1. The molecule has 0 saturated carbocycles. The van der Waals surface area contributed by atoms with Gasteiger partial charge in [-0.3, -0.25) is 0 Å². The number of nitrogen functional groups attached to an aromatic ring is 1. The van der Waals surface area contributed by atoms with Crippen molar-refractivity contribution < 1.29 is 9.84 Å². The van der Waals surface area contributed by atoms with E-state index in [4.69, 9.17) is 22.1 Å².